The van der Waals surface area contributed by atoms with Crippen LogP contribution in [-0.4, -0.2) is 6.29 Å². The average Bonchev–Trinajstić information content (AvgIpc) is 2.46. The highest BCUT2D eigenvalue weighted by molar-refractivity contribution is 5.65. The minimum absolute atomic E-state index is 0.213. The first-order valence-corrected chi connectivity index (χ1v) is 6.78. The van der Waals surface area contributed by atoms with E-state index in [0.717, 1.165) is 11.8 Å². The lowest BCUT2D eigenvalue weighted by Crippen LogP contribution is -2.05. The molecule has 2 heteroatoms. The maximum Gasteiger partial charge on any atom is 0.131 e. The minimum Gasteiger partial charge on any atom is -0.405 e. The zero-order chi connectivity index (χ0) is 12.8. The Balaban J connectivity index is 2.10. The Morgan fingerprint density at radius 3 is 2.33 bits per heavy atom. The highest BCUT2D eigenvalue weighted by Crippen LogP contribution is 2.33. The van der Waals surface area contributed by atoms with Crippen LogP contribution in [0.4, 0.5) is 0 Å². The molecule has 1 aromatic carbocycles. The van der Waals surface area contributed by atoms with Crippen LogP contribution in [0, 0.1) is 0 Å². The summed E-state index contributed by atoms with van der Waals surface area (Å²) >= 11 is 0. The summed E-state index contributed by atoms with van der Waals surface area (Å²) in [7, 11) is 0. The molecular weight excluding hydrogens is 222 g/mol. The smallest absolute Gasteiger partial charge is 0.131 e. The first-order chi connectivity index (χ1) is 8.85. The SMILES string of the molecule is NC=CC(C=O)c1ccc(C2CCCCC2)cc1. The van der Waals surface area contributed by atoms with Gasteiger partial charge in [0, 0.05) is 0 Å². The number of hydrogen-bond donors (Lipinski definition) is 1. The topological polar surface area (TPSA) is 43.1 Å². The van der Waals surface area contributed by atoms with Crippen LogP contribution in [0.15, 0.2) is 36.5 Å². The van der Waals surface area contributed by atoms with Gasteiger partial charge in [-0.2, -0.15) is 0 Å². The fraction of sp³-hybridized carbons (Fsp3) is 0.438. The van der Waals surface area contributed by atoms with E-state index in [4.69, 9.17) is 5.73 Å². The van der Waals surface area contributed by atoms with Crippen molar-refractivity contribution in [2.45, 2.75) is 43.9 Å². The van der Waals surface area contributed by atoms with E-state index in [2.05, 4.69) is 24.3 Å². The van der Waals surface area contributed by atoms with Gasteiger partial charge < -0.3 is 10.5 Å². The molecule has 0 heterocycles. The first-order valence-electron chi connectivity index (χ1n) is 6.78. The van der Waals surface area contributed by atoms with Crippen LogP contribution >= 0.6 is 0 Å². The molecule has 2 N–H and O–H groups in total. The number of aldehydes is 1. The Morgan fingerprint density at radius 2 is 1.78 bits per heavy atom. The Bertz CT molecular complexity index is 402. The van der Waals surface area contributed by atoms with Gasteiger partial charge in [-0.05, 0) is 36.1 Å². The van der Waals surface area contributed by atoms with E-state index in [9.17, 15) is 4.79 Å². The number of rotatable bonds is 4. The number of carbonyl (C=O) groups is 1. The van der Waals surface area contributed by atoms with Crippen LogP contribution in [0.1, 0.15) is 55.1 Å². The van der Waals surface area contributed by atoms with Crippen molar-refractivity contribution in [3.63, 3.8) is 0 Å². The summed E-state index contributed by atoms with van der Waals surface area (Å²) < 4.78 is 0. The first kappa shape index (κ1) is 12.9. The molecule has 0 aromatic heterocycles. The molecule has 2 nitrogen and oxygen atoms in total. The van der Waals surface area contributed by atoms with Gasteiger partial charge in [-0.3, -0.25) is 0 Å². The predicted molar refractivity (Wildman–Crippen MR) is 74.4 cm³/mol. The van der Waals surface area contributed by atoms with E-state index < -0.39 is 0 Å². The summed E-state index contributed by atoms with van der Waals surface area (Å²) in [5.74, 6) is 0.503. The van der Waals surface area contributed by atoms with Crippen molar-refractivity contribution in [1.82, 2.24) is 0 Å². The lowest BCUT2D eigenvalue weighted by Gasteiger charge is -2.22. The van der Waals surface area contributed by atoms with Crippen molar-refractivity contribution in [3.8, 4) is 0 Å². The Hall–Kier alpha value is -1.57. The molecule has 0 amide bonds. The quantitative estimate of drug-likeness (QED) is 0.823. The van der Waals surface area contributed by atoms with Gasteiger partial charge in [-0.25, -0.2) is 0 Å². The van der Waals surface area contributed by atoms with Crippen LogP contribution < -0.4 is 5.73 Å². The minimum atomic E-state index is -0.213. The monoisotopic (exact) mass is 243 g/mol. The van der Waals surface area contributed by atoms with Gasteiger partial charge in [0.05, 0.1) is 5.92 Å². The van der Waals surface area contributed by atoms with E-state index in [1.807, 2.05) is 0 Å². The van der Waals surface area contributed by atoms with Crippen molar-refractivity contribution in [2.24, 2.45) is 5.73 Å². The molecule has 96 valence electrons. The molecule has 1 aliphatic carbocycles. The Labute approximate surface area is 109 Å². The van der Waals surface area contributed by atoms with E-state index >= 15 is 0 Å². The van der Waals surface area contributed by atoms with Gasteiger partial charge in [0.15, 0.2) is 0 Å². The largest absolute Gasteiger partial charge is 0.405 e. The maximum atomic E-state index is 11.0. The highest BCUT2D eigenvalue weighted by Gasteiger charge is 2.15. The van der Waals surface area contributed by atoms with E-state index in [-0.39, 0.29) is 5.92 Å². The van der Waals surface area contributed by atoms with Crippen molar-refractivity contribution >= 4 is 6.29 Å². The molecule has 0 bridgehead atoms. The summed E-state index contributed by atoms with van der Waals surface area (Å²) in [6.45, 7) is 0. The zero-order valence-electron chi connectivity index (χ0n) is 10.7. The maximum absolute atomic E-state index is 11.0. The van der Waals surface area contributed by atoms with Crippen LogP contribution in [0.2, 0.25) is 0 Å². The van der Waals surface area contributed by atoms with Crippen molar-refractivity contribution in [3.05, 3.63) is 47.7 Å². The molecule has 0 spiro atoms. The molecule has 18 heavy (non-hydrogen) atoms. The van der Waals surface area contributed by atoms with E-state index in [1.165, 1.54) is 43.9 Å². The summed E-state index contributed by atoms with van der Waals surface area (Å²) in [5.41, 5.74) is 7.79. The van der Waals surface area contributed by atoms with Crippen molar-refractivity contribution in [1.29, 1.82) is 0 Å². The third-order valence-electron chi connectivity index (χ3n) is 3.86. The van der Waals surface area contributed by atoms with Gasteiger partial charge in [0.1, 0.15) is 6.29 Å². The fourth-order valence-corrected chi connectivity index (χ4v) is 2.78. The molecule has 1 saturated carbocycles. The van der Waals surface area contributed by atoms with Crippen molar-refractivity contribution < 1.29 is 4.79 Å². The van der Waals surface area contributed by atoms with Crippen LogP contribution in [0.25, 0.3) is 0 Å². The van der Waals surface area contributed by atoms with Crippen LogP contribution in [-0.2, 0) is 4.79 Å². The summed E-state index contributed by atoms with van der Waals surface area (Å²) in [6, 6.07) is 8.46. The molecule has 1 unspecified atom stereocenters. The number of benzene rings is 1. The molecular formula is C16H21NO. The van der Waals surface area contributed by atoms with E-state index in [1.54, 1.807) is 6.08 Å². The fourth-order valence-electron chi connectivity index (χ4n) is 2.78. The summed E-state index contributed by atoms with van der Waals surface area (Å²) in [5, 5.41) is 0. The molecule has 2 rings (SSSR count). The normalized spacial score (nSPS) is 18.9. The average molecular weight is 243 g/mol. The van der Waals surface area contributed by atoms with Gasteiger partial charge >= 0.3 is 0 Å². The third kappa shape index (κ3) is 3.00. The van der Waals surface area contributed by atoms with Crippen LogP contribution in [0.5, 0.6) is 0 Å². The lowest BCUT2D eigenvalue weighted by atomic mass is 9.83. The van der Waals surface area contributed by atoms with E-state index in [0.29, 0.717) is 5.92 Å². The standard InChI is InChI=1S/C16H21NO/c17-11-10-16(12-18)15-8-6-14(7-9-15)13-4-2-1-3-5-13/h6-13,16H,1-5,17H2. The number of carbonyl (C=O) groups excluding carboxylic acids is 1. The van der Waals surface area contributed by atoms with Crippen molar-refractivity contribution in [2.75, 3.05) is 0 Å². The molecule has 0 saturated heterocycles. The lowest BCUT2D eigenvalue weighted by molar-refractivity contribution is -0.108. The number of nitrogens with two attached hydrogens (primary N) is 1. The van der Waals surface area contributed by atoms with Gasteiger partial charge in [0.2, 0.25) is 0 Å². The number of allylic oxidation sites excluding steroid dienone is 1. The predicted octanol–water partition coefficient (Wildman–Crippen LogP) is 3.49. The molecule has 1 fully saturated rings. The Kier molecular flexibility index (Phi) is 4.57. The second-order valence-corrected chi connectivity index (χ2v) is 5.05. The van der Waals surface area contributed by atoms with Gasteiger partial charge in [0.25, 0.3) is 0 Å². The van der Waals surface area contributed by atoms with Crippen LogP contribution in [0.3, 0.4) is 0 Å². The third-order valence-corrected chi connectivity index (χ3v) is 3.86. The van der Waals surface area contributed by atoms with Gasteiger partial charge in [-0.15, -0.1) is 0 Å². The second-order valence-electron chi connectivity index (χ2n) is 5.05. The summed E-state index contributed by atoms with van der Waals surface area (Å²) in [4.78, 5) is 11.0. The zero-order valence-corrected chi connectivity index (χ0v) is 10.7. The molecule has 1 aromatic rings. The molecule has 1 aliphatic rings. The second kappa shape index (κ2) is 6.39. The number of hydrogen-bond acceptors (Lipinski definition) is 2. The van der Waals surface area contributed by atoms with Gasteiger partial charge in [-0.1, -0.05) is 49.6 Å². The molecule has 0 aliphatic heterocycles. The summed E-state index contributed by atoms with van der Waals surface area (Å²) in [6.07, 6.45) is 10.8. The molecule has 0 radical (unpaired) electrons. The molecule has 1 atom stereocenters. The Morgan fingerprint density at radius 1 is 1.11 bits per heavy atom. The highest BCUT2D eigenvalue weighted by atomic mass is 16.1.